The second kappa shape index (κ2) is 7.85. The molecule has 0 spiro atoms. The molecule has 1 atom stereocenters. The second-order valence-corrected chi connectivity index (χ2v) is 4.13. The van der Waals surface area contributed by atoms with Crippen LogP contribution in [0, 0.1) is 0 Å². The zero-order valence-electron chi connectivity index (χ0n) is 10.7. The van der Waals surface area contributed by atoms with E-state index in [1.54, 1.807) is 0 Å². The Labute approximate surface area is 104 Å². The van der Waals surface area contributed by atoms with E-state index in [1.165, 1.54) is 0 Å². The minimum atomic E-state index is -0.0738. The Bertz CT molecular complexity index is 324. The van der Waals surface area contributed by atoms with Crippen molar-refractivity contribution in [1.82, 2.24) is 10.6 Å². The number of hydrogen-bond acceptors (Lipinski definition) is 2. The van der Waals surface area contributed by atoms with Crippen molar-refractivity contribution in [3.05, 3.63) is 35.9 Å². The maximum absolute atomic E-state index is 11.8. The Kier molecular flexibility index (Phi) is 6.33. The molecular weight excluding hydrogens is 212 g/mol. The molecule has 0 aliphatic rings. The van der Waals surface area contributed by atoms with Gasteiger partial charge in [0, 0.05) is 6.54 Å². The molecule has 0 saturated heterocycles. The van der Waals surface area contributed by atoms with Gasteiger partial charge in [0.05, 0.1) is 5.92 Å². The summed E-state index contributed by atoms with van der Waals surface area (Å²) in [5.74, 6) is 0.0306. The van der Waals surface area contributed by atoms with Gasteiger partial charge in [-0.1, -0.05) is 37.3 Å². The zero-order valence-corrected chi connectivity index (χ0v) is 10.7. The molecule has 3 heteroatoms. The summed E-state index contributed by atoms with van der Waals surface area (Å²) in [6.45, 7) is 6.69. The first-order valence-electron chi connectivity index (χ1n) is 6.29. The maximum Gasteiger partial charge on any atom is 0.227 e. The van der Waals surface area contributed by atoms with E-state index in [9.17, 15) is 4.79 Å². The first kappa shape index (κ1) is 13.7. The summed E-state index contributed by atoms with van der Waals surface area (Å²) < 4.78 is 0. The highest BCUT2D eigenvalue weighted by atomic mass is 16.1. The molecule has 1 aromatic carbocycles. The fourth-order valence-electron chi connectivity index (χ4n) is 1.65. The molecule has 0 fully saturated rings. The summed E-state index contributed by atoms with van der Waals surface area (Å²) in [4.78, 5) is 11.8. The highest BCUT2D eigenvalue weighted by Crippen LogP contribution is 2.13. The van der Waals surface area contributed by atoms with Crippen molar-refractivity contribution in [1.29, 1.82) is 0 Å². The fraction of sp³-hybridized carbons (Fsp3) is 0.500. The first-order valence-corrected chi connectivity index (χ1v) is 6.29. The third kappa shape index (κ3) is 5.00. The van der Waals surface area contributed by atoms with Crippen LogP contribution in [0.2, 0.25) is 0 Å². The highest BCUT2D eigenvalue weighted by Gasteiger charge is 2.13. The molecule has 2 N–H and O–H groups in total. The summed E-state index contributed by atoms with van der Waals surface area (Å²) in [6.07, 6.45) is 0.973. The molecule has 1 unspecified atom stereocenters. The van der Waals surface area contributed by atoms with Gasteiger partial charge >= 0.3 is 0 Å². The lowest BCUT2D eigenvalue weighted by Gasteiger charge is -2.12. The lowest BCUT2D eigenvalue weighted by molar-refractivity contribution is -0.122. The Hall–Kier alpha value is -1.35. The average molecular weight is 234 g/mol. The lowest BCUT2D eigenvalue weighted by Crippen LogP contribution is -2.30. The number of carbonyl (C=O) groups excluding carboxylic acids is 1. The number of nitrogens with one attached hydrogen (secondary N) is 2. The second-order valence-electron chi connectivity index (χ2n) is 4.13. The molecule has 1 aromatic rings. The Morgan fingerprint density at radius 3 is 2.59 bits per heavy atom. The van der Waals surface area contributed by atoms with Crippen LogP contribution in [-0.2, 0) is 4.79 Å². The van der Waals surface area contributed by atoms with Crippen molar-refractivity contribution in [2.24, 2.45) is 0 Å². The molecular formula is C14H22N2O. The third-order valence-electron chi connectivity index (χ3n) is 2.77. The molecule has 1 rings (SSSR count). The summed E-state index contributed by atoms with van der Waals surface area (Å²) in [6, 6.07) is 9.87. The van der Waals surface area contributed by atoms with Crippen molar-refractivity contribution in [2.75, 3.05) is 19.6 Å². The fourth-order valence-corrected chi connectivity index (χ4v) is 1.65. The molecule has 1 amide bonds. The number of benzene rings is 1. The van der Waals surface area contributed by atoms with Gasteiger partial charge in [-0.2, -0.15) is 0 Å². The van der Waals surface area contributed by atoms with E-state index in [0.717, 1.165) is 31.6 Å². The van der Waals surface area contributed by atoms with Crippen LogP contribution in [0.1, 0.15) is 31.7 Å². The summed E-state index contributed by atoms with van der Waals surface area (Å²) in [5.41, 5.74) is 1.07. The number of hydrogen-bond donors (Lipinski definition) is 2. The monoisotopic (exact) mass is 234 g/mol. The van der Waals surface area contributed by atoms with Crippen LogP contribution in [0.4, 0.5) is 0 Å². The highest BCUT2D eigenvalue weighted by molar-refractivity contribution is 5.83. The van der Waals surface area contributed by atoms with Crippen molar-refractivity contribution < 1.29 is 4.79 Å². The average Bonchev–Trinajstić information content (AvgIpc) is 2.38. The van der Waals surface area contributed by atoms with Gasteiger partial charge in [-0.25, -0.2) is 0 Å². The normalized spacial score (nSPS) is 12.1. The van der Waals surface area contributed by atoms with E-state index in [0.29, 0.717) is 0 Å². The maximum atomic E-state index is 11.8. The van der Waals surface area contributed by atoms with E-state index >= 15 is 0 Å². The number of amides is 1. The van der Waals surface area contributed by atoms with Crippen molar-refractivity contribution in [2.45, 2.75) is 26.2 Å². The molecule has 94 valence electrons. The van der Waals surface area contributed by atoms with Gasteiger partial charge in [0.1, 0.15) is 0 Å². The van der Waals surface area contributed by atoms with Gasteiger partial charge < -0.3 is 10.6 Å². The molecule has 0 bridgehead atoms. The van der Waals surface area contributed by atoms with Gasteiger partial charge in [0.2, 0.25) is 5.91 Å². The van der Waals surface area contributed by atoms with Crippen molar-refractivity contribution in [3.63, 3.8) is 0 Å². The van der Waals surface area contributed by atoms with Gasteiger partial charge in [-0.05, 0) is 32.0 Å². The smallest absolute Gasteiger partial charge is 0.227 e. The van der Waals surface area contributed by atoms with Crippen LogP contribution in [0.25, 0.3) is 0 Å². The SMILES string of the molecule is CCNCCCNC(=O)C(C)c1ccccc1. The predicted molar refractivity (Wildman–Crippen MR) is 71.0 cm³/mol. The van der Waals surface area contributed by atoms with E-state index in [4.69, 9.17) is 0 Å². The third-order valence-corrected chi connectivity index (χ3v) is 2.77. The van der Waals surface area contributed by atoms with E-state index in [-0.39, 0.29) is 11.8 Å². The van der Waals surface area contributed by atoms with Gasteiger partial charge in [-0.15, -0.1) is 0 Å². The standard InChI is InChI=1S/C14H22N2O/c1-3-15-10-7-11-16-14(17)12(2)13-8-5-4-6-9-13/h4-6,8-9,12,15H,3,7,10-11H2,1-2H3,(H,16,17). The molecule has 0 saturated carbocycles. The zero-order chi connectivity index (χ0) is 12.5. The van der Waals surface area contributed by atoms with Crippen LogP contribution >= 0.6 is 0 Å². The van der Waals surface area contributed by atoms with Crippen molar-refractivity contribution in [3.8, 4) is 0 Å². The van der Waals surface area contributed by atoms with E-state index in [1.807, 2.05) is 37.3 Å². The van der Waals surface area contributed by atoms with Crippen LogP contribution < -0.4 is 10.6 Å². The van der Waals surface area contributed by atoms with Gasteiger partial charge in [-0.3, -0.25) is 4.79 Å². The van der Waals surface area contributed by atoms with Gasteiger partial charge in [0.25, 0.3) is 0 Å². The molecule has 0 aliphatic carbocycles. The summed E-state index contributed by atoms with van der Waals surface area (Å²) in [7, 11) is 0. The molecule has 3 nitrogen and oxygen atoms in total. The van der Waals surface area contributed by atoms with E-state index < -0.39 is 0 Å². The van der Waals surface area contributed by atoms with Gasteiger partial charge in [0.15, 0.2) is 0 Å². The minimum Gasteiger partial charge on any atom is -0.356 e. The Morgan fingerprint density at radius 2 is 1.94 bits per heavy atom. The first-order chi connectivity index (χ1) is 8.25. The molecule has 0 aromatic heterocycles. The quantitative estimate of drug-likeness (QED) is 0.708. The van der Waals surface area contributed by atoms with E-state index in [2.05, 4.69) is 17.6 Å². The van der Waals surface area contributed by atoms with Crippen LogP contribution in [-0.4, -0.2) is 25.5 Å². The Balaban J connectivity index is 2.28. The molecule has 0 aliphatic heterocycles. The lowest BCUT2D eigenvalue weighted by atomic mass is 10.0. The molecule has 17 heavy (non-hydrogen) atoms. The van der Waals surface area contributed by atoms with Crippen molar-refractivity contribution >= 4 is 5.91 Å². The van der Waals surface area contributed by atoms with Crippen LogP contribution in [0.5, 0.6) is 0 Å². The number of carbonyl (C=O) groups is 1. The topological polar surface area (TPSA) is 41.1 Å². The molecule has 0 heterocycles. The summed E-state index contributed by atoms with van der Waals surface area (Å²) >= 11 is 0. The van der Waals surface area contributed by atoms with Crippen LogP contribution in [0.15, 0.2) is 30.3 Å². The summed E-state index contributed by atoms with van der Waals surface area (Å²) in [5, 5.41) is 6.19. The predicted octanol–water partition coefficient (Wildman–Crippen LogP) is 1.91. The van der Waals surface area contributed by atoms with Crippen LogP contribution in [0.3, 0.4) is 0 Å². The largest absolute Gasteiger partial charge is 0.356 e. The molecule has 0 radical (unpaired) electrons. The number of rotatable bonds is 7. The minimum absolute atomic E-state index is 0.0738. The Morgan fingerprint density at radius 1 is 1.24 bits per heavy atom.